The van der Waals surface area contributed by atoms with Crippen molar-refractivity contribution in [2.45, 2.75) is 33.0 Å². The van der Waals surface area contributed by atoms with Crippen LogP contribution in [0.3, 0.4) is 0 Å². The summed E-state index contributed by atoms with van der Waals surface area (Å²) in [6, 6.07) is 14.0. The molecule has 3 aromatic rings. The van der Waals surface area contributed by atoms with E-state index < -0.39 is 6.10 Å². The summed E-state index contributed by atoms with van der Waals surface area (Å²) < 4.78 is 2.04. The molecule has 2 aromatic heterocycles. The Bertz CT molecular complexity index is 799. The lowest BCUT2D eigenvalue weighted by Crippen LogP contribution is -2.21. The van der Waals surface area contributed by atoms with E-state index in [1.165, 1.54) is 11.1 Å². The zero-order valence-corrected chi connectivity index (χ0v) is 14.7. The molecule has 2 N–H and O–H groups in total. The minimum atomic E-state index is -0.539. The van der Waals surface area contributed by atoms with E-state index in [-0.39, 0.29) is 0 Å². The zero-order chi connectivity index (χ0) is 17.6. The van der Waals surface area contributed by atoms with Gasteiger partial charge in [-0.15, -0.1) is 0 Å². The van der Waals surface area contributed by atoms with Gasteiger partial charge in [0.25, 0.3) is 0 Å². The summed E-state index contributed by atoms with van der Waals surface area (Å²) >= 11 is 0. The molecule has 1 unspecified atom stereocenters. The highest BCUT2D eigenvalue weighted by Gasteiger charge is 2.13. The van der Waals surface area contributed by atoms with Crippen LogP contribution >= 0.6 is 0 Å². The van der Waals surface area contributed by atoms with Gasteiger partial charge in [0.1, 0.15) is 0 Å². The van der Waals surface area contributed by atoms with Crippen LogP contribution in [0.4, 0.5) is 0 Å². The van der Waals surface area contributed by atoms with Gasteiger partial charge >= 0.3 is 0 Å². The maximum Gasteiger partial charge on any atom is 0.0915 e. The van der Waals surface area contributed by atoms with Crippen LogP contribution in [0.2, 0.25) is 0 Å². The van der Waals surface area contributed by atoms with Crippen molar-refractivity contribution >= 4 is 0 Å². The molecule has 0 aliphatic rings. The van der Waals surface area contributed by atoms with Gasteiger partial charge < -0.3 is 10.4 Å². The Hall–Kier alpha value is -2.50. The highest BCUT2D eigenvalue weighted by molar-refractivity contribution is 5.26. The summed E-state index contributed by atoms with van der Waals surface area (Å²) in [5, 5.41) is 18.2. The molecule has 5 heteroatoms. The van der Waals surface area contributed by atoms with Crippen LogP contribution < -0.4 is 5.32 Å². The quantitative estimate of drug-likeness (QED) is 0.696. The topological polar surface area (TPSA) is 63.0 Å². The van der Waals surface area contributed by atoms with Crippen molar-refractivity contribution in [3.8, 4) is 0 Å². The molecule has 0 saturated carbocycles. The molecule has 0 spiro atoms. The summed E-state index contributed by atoms with van der Waals surface area (Å²) in [4.78, 5) is 3.97. The number of benzene rings is 1. The molecular formula is C20H24N4O. The second-order valence-electron chi connectivity index (χ2n) is 6.22. The molecule has 2 heterocycles. The average molecular weight is 336 g/mol. The van der Waals surface area contributed by atoms with Gasteiger partial charge in [-0.2, -0.15) is 5.10 Å². The Kier molecular flexibility index (Phi) is 5.58. The molecule has 130 valence electrons. The van der Waals surface area contributed by atoms with Gasteiger partial charge in [0.15, 0.2) is 0 Å². The van der Waals surface area contributed by atoms with E-state index in [0.717, 1.165) is 23.5 Å². The molecule has 0 saturated heterocycles. The third-order valence-corrected chi connectivity index (χ3v) is 4.44. The van der Waals surface area contributed by atoms with Crippen molar-refractivity contribution in [1.29, 1.82) is 0 Å². The lowest BCUT2D eigenvalue weighted by atomic mass is 10.1. The summed E-state index contributed by atoms with van der Waals surface area (Å²) in [5.41, 5.74) is 5.49. The summed E-state index contributed by atoms with van der Waals surface area (Å²) in [7, 11) is 0. The largest absolute Gasteiger partial charge is 0.387 e. The van der Waals surface area contributed by atoms with Crippen molar-refractivity contribution in [2.24, 2.45) is 0 Å². The summed E-state index contributed by atoms with van der Waals surface area (Å²) in [5.74, 6) is 0. The number of aryl methyl sites for hydroxylation is 1. The first-order valence-electron chi connectivity index (χ1n) is 8.50. The number of pyridine rings is 1. The second kappa shape index (κ2) is 8.05. The fourth-order valence-corrected chi connectivity index (χ4v) is 2.94. The first kappa shape index (κ1) is 17.3. The monoisotopic (exact) mass is 336 g/mol. The molecule has 0 fully saturated rings. The Morgan fingerprint density at radius 1 is 1.08 bits per heavy atom. The van der Waals surface area contributed by atoms with Crippen molar-refractivity contribution < 1.29 is 5.11 Å². The molecular weight excluding hydrogens is 312 g/mol. The average Bonchev–Trinajstić information content (AvgIpc) is 2.90. The predicted octanol–water partition coefficient (Wildman–Crippen LogP) is 2.77. The molecule has 0 bridgehead atoms. The number of aliphatic hydroxyl groups excluding tert-OH is 1. The van der Waals surface area contributed by atoms with E-state index >= 15 is 0 Å². The van der Waals surface area contributed by atoms with E-state index in [1.54, 1.807) is 12.4 Å². The number of nitrogens with zero attached hydrogens (tertiary/aromatic N) is 3. The van der Waals surface area contributed by atoms with Gasteiger partial charge in [-0.1, -0.05) is 30.3 Å². The van der Waals surface area contributed by atoms with Gasteiger partial charge in [0.2, 0.25) is 0 Å². The molecule has 0 aliphatic heterocycles. The SMILES string of the molecule is Cc1nn(Cc2ccccc2)c(C)c1CNCC(O)c1ccncc1. The molecule has 0 amide bonds. The summed E-state index contributed by atoms with van der Waals surface area (Å²) in [6.07, 6.45) is 2.85. The second-order valence-corrected chi connectivity index (χ2v) is 6.22. The first-order chi connectivity index (χ1) is 12.1. The van der Waals surface area contributed by atoms with Crippen LogP contribution in [0.5, 0.6) is 0 Å². The smallest absolute Gasteiger partial charge is 0.0915 e. The third kappa shape index (κ3) is 4.32. The molecule has 0 radical (unpaired) electrons. The normalized spacial score (nSPS) is 12.3. The first-order valence-corrected chi connectivity index (χ1v) is 8.50. The molecule has 0 aliphatic carbocycles. The zero-order valence-electron chi connectivity index (χ0n) is 14.7. The maximum absolute atomic E-state index is 10.2. The highest BCUT2D eigenvalue weighted by atomic mass is 16.3. The minimum absolute atomic E-state index is 0.493. The van der Waals surface area contributed by atoms with E-state index in [1.807, 2.05) is 41.9 Å². The molecule has 5 nitrogen and oxygen atoms in total. The molecule has 25 heavy (non-hydrogen) atoms. The standard InChI is InChI=1S/C20H24N4O/c1-15-19(12-22-13-20(25)18-8-10-21-11-9-18)16(2)24(23-15)14-17-6-4-3-5-7-17/h3-11,20,22,25H,12-14H2,1-2H3. The van der Waals surface area contributed by atoms with Crippen LogP contribution in [0, 0.1) is 13.8 Å². The highest BCUT2D eigenvalue weighted by Crippen LogP contribution is 2.15. The fraction of sp³-hybridized carbons (Fsp3) is 0.300. The van der Waals surface area contributed by atoms with Crippen molar-refractivity contribution in [2.75, 3.05) is 6.54 Å². The van der Waals surface area contributed by atoms with E-state index in [0.29, 0.717) is 13.1 Å². The van der Waals surface area contributed by atoms with Gasteiger partial charge in [-0.3, -0.25) is 9.67 Å². The molecule has 1 aromatic carbocycles. The Morgan fingerprint density at radius 2 is 1.80 bits per heavy atom. The van der Waals surface area contributed by atoms with Gasteiger partial charge in [0.05, 0.1) is 18.3 Å². The lowest BCUT2D eigenvalue weighted by molar-refractivity contribution is 0.174. The van der Waals surface area contributed by atoms with E-state index in [4.69, 9.17) is 0 Å². The predicted molar refractivity (Wildman–Crippen MR) is 98.1 cm³/mol. The lowest BCUT2D eigenvalue weighted by Gasteiger charge is -2.12. The van der Waals surface area contributed by atoms with Crippen LogP contribution in [0.25, 0.3) is 0 Å². The number of hydrogen-bond acceptors (Lipinski definition) is 4. The van der Waals surface area contributed by atoms with Crippen molar-refractivity contribution in [3.05, 3.63) is 82.9 Å². The minimum Gasteiger partial charge on any atom is -0.387 e. The van der Waals surface area contributed by atoms with Gasteiger partial charge in [-0.25, -0.2) is 0 Å². The number of hydrogen-bond donors (Lipinski definition) is 2. The van der Waals surface area contributed by atoms with Gasteiger partial charge in [-0.05, 0) is 37.1 Å². The fourth-order valence-electron chi connectivity index (χ4n) is 2.94. The van der Waals surface area contributed by atoms with Crippen LogP contribution in [0.1, 0.15) is 34.2 Å². The van der Waals surface area contributed by atoms with Gasteiger partial charge in [0, 0.05) is 36.7 Å². The van der Waals surface area contributed by atoms with Crippen molar-refractivity contribution in [1.82, 2.24) is 20.1 Å². The van der Waals surface area contributed by atoms with E-state index in [9.17, 15) is 5.11 Å². The molecule has 1 atom stereocenters. The third-order valence-electron chi connectivity index (χ3n) is 4.44. The maximum atomic E-state index is 10.2. The van der Waals surface area contributed by atoms with E-state index in [2.05, 4.69) is 34.5 Å². The molecule has 3 rings (SSSR count). The Labute approximate surface area is 148 Å². The van der Waals surface area contributed by atoms with Crippen LogP contribution in [-0.4, -0.2) is 26.4 Å². The number of rotatable bonds is 7. The number of aromatic nitrogens is 3. The number of nitrogens with one attached hydrogen (secondary N) is 1. The van der Waals surface area contributed by atoms with Crippen LogP contribution in [-0.2, 0) is 13.1 Å². The Morgan fingerprint density at radius 3 is 2.52 bits per heavy atom. The summed E-state index contributed by atoms with van der Waals surface area (Å²) in [6.45, 7) is 6.08. The number of aliphatic hydroxyl groups is 1. The van der Waals surface area contributed by atoms with Crippen molar-refractivity contribution in [3.63, 3.8) is 0 Å². The van der Waals surface area contributed by atoms with Crippen LogP contribution in [0.15, 0.2) is 54.9 Å². The Balaban J connectivity index is 1.61.